The van der Waals surface area contributed by atoms with Gasteiger partial charge in [0, 0.05) is 48.5 Å². The molecule has 0 unspecified atom stereocenters. The van der Waals surface area contributed by atoms with E-state index in [2.05, 4.69) is 15.5 Å². The first-order chi connectivity index (χ1) is 15.6. The third-order valence-corrected chi connectivity index (χ3v) is 5.60. The Kier molecular flexibility index (Phi) is 7.04. The number of aromatic nitrogens is 4. The molecule has 3 aromatic heterocycles. The number of nitrogens with zero attached hydrogens (tertiary/aromatic N) is 5. The molecule has 1 N–H and O–H groups in total. The molecule has 0 spiro atoms. The third-order valence-electron chi connectivity index (χ3n) is 5.05. The summed E-state index contributed by atoms with van der Waals surface area (Å²) in [6.07, 6.45) is 5.02. The maximum atomic E-state index is 11.2. The van der Waals surface area contributed by atoms with Crippen molar-refractivity contribution in [1.82, 2.24) is 29.7 Å². The number of halogens is 2. The van der Waals surface area contributed by atoms with Crippen molar-refractivity contribution in [3.63, 3.8) is 0 Å². The Labute approximate surface area is 195 Å². The van der Waals surface area contributed by atoms with Gasteiger partial charge in [0.25, 0.3) is 0 Å². The standard InChI is InChI=1S/C22H22Cl2N6O2/c1-2-8-29(14-31)9-7-25-11-19-21(17-5-4-16(23)10-18(17)24)27-20-6-3-15(12-30(19)20)22-26-13-32-28-22/h3-6,10,12-14,25H,2,7-9,11H2,1H3. The van der Waals surface area contributed by atoms with Gasteiger partial charge in [-0.05, 0) is 36.8 Å². The lowest BCUT2D eigenvalue weighted by atomic mass is 10.1. The molecule has 0 bridgehead atoms. The molecule has 0 fully saturated rings. The molecule has 1 aromatic carbocycles. The molecule has 8 nitrogen and oxygen atoms in total. The summed E-state index contributed by atoms with van der Waals surface area (Å²) in [6.45, 7) is 4.57. The predicted octanol–water partition coefficient (Wildman–Crippen LogP) is 4.32. The summed E-state index contributed by atoms with van der Waals surface area (Å²) in [7, 11) is 0. The van der Waals surface area contributed by atoms with E-state index in [1.54, 1.807) is 17.0 Å². The number of carbonyl (C=O) groups excluding carboxylic acids is 1. The highest BCUT2D eigenvalue weighted by Crippen LogP contribution is 2.33. The minimum absolute atomic E-state index is 0.492. The summed E-state index contributed by atoms with van der Waals surface area (Å²) in [5.41, 5.74) is 4.02. The van der Waals surface area contributed by atoms with Crippen LogP contribution in [0.5, 0.6) is 0 Å². The second-order valence-electron chi connectivity index (χ2n) is 7.25. The zero-order chi connectivity index (χ0) is 22.5. The van der Waals surface area contributed by atoms with Gasteiger partial charge in [-0.1, -0.05) is 35.3 Å². The van der Waals surface area contributed by atoms with Crippen LogP contribution in [-0.4, -0.2) is 50.5 Å². The summed E-state index contributed by atoms with van der Waals surface area (Å²) >= 11 is 12.6. The molecule has 0 atom stereocenters. The van der Waals surface area contributed by atoms with Crippen LogP contribution in [-0.2, 0) is 11.3 Å². The second-order valence-corrected chi connectivity index (χ2v) is 8.09. The van der Waals surface area contributed by atoms with Crippen molar-refractivity contribution >= 4 is 35.3 Å². The topological polar surface area (TPSA) is 88.6 Å². The van der Waals surface area contributed by atoms with E-state index in [0.717, 1.165) is 47.5 Å². The van der Waals surface area contributed by atoms with Crippen LogP contribution >= 0.6 is 23.2 Å². The van der Waals surface area contributed by atoms with Crippen molar-refractivity contribution < 1.29 is 9.32 Å². The minimum Gasteiger partial charge on any atom is -0.344 e. The smallest absolute Gasteiger partial charge is 0.214 e. The minimum atomic E-state index is 0.492. The second kappa shape index (κ2) is 10.1. The Balaban J connectivity index is 1.69. The van der Waals surface area contributed by atoms with Gasteiger partial charge < -0.3 is 19.1 Å². The van der Waals surface area contributed by atoms with Gasteiger partial charge >= 0.3 is 0 Å². The van der Waals surface area contributed by atoms with Gasteiger partial charge in [0.15, 0.2) is 0 Å². The van der Waals surface area contributed by atoms with Crippen LogP contribution in [0.1, 0.15) is 19.0 Å². The van der Waals surface area contributed by atoms with Gasteiger partial charge in [0.05, 0.1) is 16.4 Å². The lowest BCUT2D eigenvalue weighted by molar-refractivity contribution is -0.118. The van der Waals surface area contributed by atoms with E-state index in [0.29, 0.717) is 35.5 Å². The monoisotopic (exact) mass is 472 g/mol. The van der Waals surface area contributed by atoms with Crippen LogP contribution in [0.3, 0.4) is 0 Å². The summed E-state index contributed by atoms with van der Waals surface area (Å²) in [6, 6.07) is 9.16. The van der Waals surface area contributed by atoms with E-state index < -0.39 is 0 Å². The highest BCUT2D eigenvalue weighted by Gasteiger charge is 2.18. The van der Waals surface area contributed by atoms with Crippen LogP contribution in [0, 0.1) is 0 Å². The molecule has 10 heteroatoms. The molecule has 0 saturated carbocycles. The van der Waals surface area contributed by atoms with E-state index in [1.807, 2.05) is 35.7 Å². The Morgan fingerprint density at radius 2 is 2.09 bits per heavy atom. The fourth-order valence-corrected chi connectivity index (χ4v) is 4.02. The molecule has 0 aliphatic heterocycles. The van der Waals surface area contributed by atoms with Gasteiger partial charge in [-0.15, -0.1) is 0 Å². The normalized spacial score (nSPS) is 11.2. The quantitative estimate of drug-likeness (QED) is 0.273. The first kappa shape index (κ1) is 22.3. The van der Waals surface area contributed by atoms with Gasteiger partial charge in [-0.2, -0.15) is 4.98 Å². The van der Waals surface area contributed by atoms with Gasteiger partial charge in [-0.25, -0.2) is 4.98 Å². The molecule has 3 heterocycles. The highest BCUT2D eigenvalue weighted by atomic mass is 35.5. The van der Waals surface area contributed by atoms with E-state index in [9.17, 15) is 4.79 Å². The van der Waals surface area contributed by atoms with Crippen LogP contribution in [0.2, 0.25) is 10.0 Å². The number of amides is 1. The molecule has 0 aliphatic rings. The fraction of sp³-hybridized carbons (Fsp3) is 0.273. The van der Waals surface area contributed by atoms with Gasteiger partial charge in [0.2, 0.25) is 18.6 Å². The predicted molar refractivity (Wildman–Crippen MR) is 124 cm³/mol. The molecule has 4 aromatic rings. The number of benzene rings is 1. The van der Waals surface area contributed by atoms with Gasteiger partial charge in [0.1, 0.15) is 5.65 Å². The Hall–Kier alpha value is -2.94. The first-order valence-electron chi connectivity index (χ1n) is 10.2. The lowest BCUT2D eigenvalue weighted by Crippen LogP contribution is -2.31. The zero-order valence-corrected chi connectivity index (χ0v) is 19.0. The molecule has 0 aliphatic carbocycles. The number of nitrogens with one attached hydrogen (secondary N) is 1. The molecule has 4 rings (SSSR count). The van der Waals surface area contributed by atoms with E-state index in [1.165, 1.54) is 6.39 Å². The first-order valence-corrected chi connectivity index (χ1v) is 11.0. The number of rotatable bonds is 10. The Morgan fingerprint density at radius 3 is 2.81 bits per heavy atom. The van der Waals surface area contributed by atoms with Crippen molar-refractivity contribution in [2.45, 2.75) is 19.9 Å². The Morgan fingerprint density at radius 1 is 1.22 bits per heavy atom. The highest BCUT2D eigenvalue weighted by molar-refractivity contribution is 6.36. The Bertz CT molecular complexity index is 1210. The third kappa shape index (κ3) is 4.77. The summed E-state index contributed by atoms with van der Waals surface area (Å²) in [5.74, 6) is 0.492. The van der Waals surface area contributed by atoms with Crippen molar-refractivity contribution in [2.75, 3.05) is 19.6 Å². The molecule has 0 saturated heterocycles. The number of imidazole rings is 1. The molecular formula is C22H22Cl2N6O2. The van der Waals surface area contributed by atoms with Crippen molar-refractivity contribution in [3.8, 4) is 22.6 Å². The molecule has 166 valence electrons. The van der Waals surface area contributed by atoms with E-state index >= 15 is 0 Å². The largest absolute Gasteiger partial charge is 0.344 e. The number of hydrogen-bond acceptors (Lipinski definition) is 6. The number of hydrogen-bond donors (Lipinski definition) is 1. The SMILES string of the molecule is CCCN(C=O)CCNCc1c(-c2ccc(Cl)cc2Cl)nc2ccc(-c3ncon3)cn12. The molecule has 32 heavy (non-hydrogen) atoms. The van der Waals surface area contributed by atoms with Crippen LogP contribution < -0.4 is 5.32 Å². The maximum Gasteiger partial charge on any atom is 0.214 e. The number of carbonyl (C=O) groups is 1. The van der Waals surface area contributed by atoms with Crippen molar-refractivity contribution in [3.05, 3.63) is 58.7 Å². The van der Waals surface area contributed by atoms with Crippen molar-refractivity contribution in [2.24, 2.45) is 0 Å². The van der Waals surface area contributed by atoms with Crippen LogP contribution in [0.25, 0.3) is 28.3 Å². The maximum absolute atomic E-state index is 11.2. The molecular weight excluding hydrogens is 451 g/mol. The average molecular weight is 473 g/mol. The molecule has 0 radical (unpaired) electrons. The summed E-state index contributed by atoms with van der Waals surface area (Å²) in [4.78, 5) is 21.9. The summed E-state index contributed by atoms with van der Waals surface area (Å²) in [5, 5.41) is 8.43. The number of pyridine rings is 1. The van der Waals surface area contributed by atoms with Crippen molar-refractivity contribution in [1.29, 1.82) is 0 Å². The van der Waals surface area contributed by atoms with Crippen LogP contribution in [0.4, 0.5) is 0 Å². The number of fused-ring (bicyclic) bond motifs is 1. The average Bonchev–Trinajstić information content (AvgIpc) is 3.44. The molecule has 1 amide bonds. The van der Waals surface area contributed by atoms with Crippen LogP contribution in [0.15, 0.2) is 47.4 Å². The lowest BCUT2D eigenvalue weighted by Gasteiger charge is -2.16. The summed E-state index contributed by atoms with van der Waals surface area (Å²) < 4.78 is 6.87. The van der Waals surface area contributed by atoms with Gasteiger partial charge in [-0.3, -0.25) is 4.79 Å². The van der Waals surface area contributed by atoms with E-state index in [-0.39, 0.29) is 0 Å². The van der Waals surface area contributed by atoms with E-state index in [4.69, 9.17) is 32.7 Å². The zero-order valence-electron chi connectivity index (χ0n) is 17.5. The fourth-order valence-electron chi connectivity index (χ4n) is 3.52.